The summed E-state index contributed by atoms with van der Waals surface area (Å²) in [5.74, 6) is 0.952. The largest absolute Gasteiger partial charge is 0.496 e. The number of hydrogen-bond acceptors (Lipinski definition) is 3. The first-order valence-electron chi connectivity index (χ1n) is 7.96. The molecule has 1 aliphatic rings. The highest BCUT2D eigenvalue weighted by Gasteiger charge is 2.30. The lowest BCUT2D eigenvalue weighted by Gasteiger charge is -2.40. The third-order valence-corrected chi connectivity index (χ3v) is 4.49. The maximum absolute atomic E-state index is 6.45. The van der Waals surface area contributed by atoms with Crippen molar-refractivity contribution < 1.29 is 4.74 Å². The molecule has 0 amide bonds. The third kappa shape index (κ3) is 4.64. The Labute approximate surface area is 157 Å². The average molecular weight is 369 g/mol. The molecular formula is C19H26Cl2N2O. The normalized spacial score (nSPS) is 20.6. The van der Waals surface area contributed by atoms with Crippen molar-refractivity contribution in [3.8, 4) is 5.75 Å². The first kappa shape index (κ1) is 20.8. The molecule has 0 radical (unpaired) electrons. The Balaban J connectivity index is 0.00000144. The molecule has 1 heterocycles. The Kier molecular flexibility index (Phi) is 8.57. The molecule has 3 rings (SSSR count). The summed E-state index contributed by atoms with van der Waals surface area (Å²) in [5, 5.41) is 0. The molecule has 5 heteroatoms. The van der Waals surface area contributed by atoms with Crippen LogP contribution in [0.1, 0.15) is 30.0 Å². The minimum Gasteiger partial charge on any atom is -0.496 e. The number of benzene rings is 2. The Morgan fingerprint density at radius 2 is 1.71 bits per heavy atom. The summed E-state index contributed by atoms with van der Waals surface area (Å²) in [4.78, 5) is 2.49. The maximum atomic E-state index is 6.45. The van der Waals surface area contributed by atoms with Crippen LogP contribution in [0.5, 0.6) is 5.75 Å². The zero-order valence-electron chi connectivity index (χ0n) is 13.9. The standard InChI is InChI=1S/C19H24N2O.2ClH/c1-22-18-12-6-5-10-16(18)14-21-13-7-11-17(20)19(21)15-8-3-2-4-9-15;;/h2-6,8-10,12,17,19H,7,11,13-14,20H2,1H3;2*1H/t17-,19+;;/m1../s1. The van der Waals surface area contributed by atoms with E-state index >= 15 is 0 Å². The number of piperidine rings is 1. The molecular weight excluding hydrogens is 343 g/mol. The van der Waals surface area contributed by atoms with E-state index < -0.39 is 0 Å². The lowest BCUT2D eigenvalue weighted by molar-refractivity contribution is 0.119. The fourth-order valence-electron chi connectivity index (χ4n) is 3.44. The van der Waals surface area contributed by atoms with Gasteiger partial charge in [0.15, 0.2) is 0 Å². The van der Waals surface area contributed by atoms with E-state index in [1.165, 1.54) is 11.1 Å². The van der Waals surface area contributed by atoms with Crippen LogP contribution < -0.4 is 10.5 Å². The van der Waals surface area contributed by atoms with Gasteiger partial charge in [-0.2, -0.15) is 0 Å². The number of likely N-dealkylation sites (tertiary alicyclic amines) is 1. The highest BCUT2D eigenvalue weighted by molar-refractivity contribution is 5.85. The second-order valence-electron chi connectivity index (χ2n) is 5.94. The molecule has 2 aromatic carbocycles. The molecule has 2 N–H and O–H groups in total. The van der Waals surface area contributed by atoms with Gasteiger partial charge in [-0.25, -0.2) is 0 Å². The molecule has 0 spiro atoms. The SMILES string of the molecule is COc1ccccc1CN1CCC[C@@H](N)[C@@H]1c1ccccc1.Cl.Cl. The highest BCUT2D eigenvalue weighted by atomic mass is 35.5. The average Bonchev–Trinajstić information content (AvgIpc) is 2.56. The third-order valence-electron chi connectivity index (χ3n) is 4.49. The molecule has 0 aromatic heterocycles. The number of hydrogen-bond donors (Lipinski definition) is 1. The van der Waals surface area contributed by atoms with Crippen LogP contribution in [0.2, 0.25) is 0 Å². The topological polar surface area (TPSA) is 38.5 Å². The number of nitrogens with zero attached hydrogens (tertiary/aromatic N) is 1. The van der Waals surface area contributed by atoms with E-state index in [-0.39, 0.29) is 36.9 Å². The molecule has 2 atom stereocenters. The molecule has 0 unspecified atom stereocenters. The van der Waals surface area contributed by atoms with E-state index in [9.17, 15) is 0 Å². The van der Waals surface area contributed by atoms with Gasteiger partial charge in [0.1, 0.15) is 5.75 Å². The molecule has 0 bridgehead atoms. The van der Waals surface area contributed by atoms with E-state index in [1.807, 2.05) is 12.1 Å². The van der Waals surface area contributed by atoms with Gasteiger partial charge in [0.25, 0.3) is 0 Å². The summed E-state index contributed by atoms with van der Waals surface area (Å²) in [6.45, 7) is 1.95. The van der Waals surface area contributed by atoms with Crippen molar-refractivity contribution in [3.05, 3.63) is 65.7 Å². The molecule has 1 aliphatic heterocycles. The number of halogens is 2. The Hall–Kier alpha value is -1.26. The summed E-state index contributed by atoms with van der Waals surface area (Å²) >= 11 is 0. The minimum absolute atomic E-state index is 0. The number of nitrogens with two attached hydrogens (primary N) is 1. The fourth-order valence-corrected chi connectivity index (χ4v) is 3.44. The van der Waals surface area contributed by atoms with Gasteiger partial charge in [0.2, 0.25) is 0 Å². The number of methoxy groups -OCH3 is 1. The number of ether oxygens (including phenoxy) is 1. The highest BCUT2D eigenvalue weighted by Crippen LogP contribution is 2.32. The van der Waals surface area contributed by atoms with Crippen molar-refractivity contribution in [2.45, 2.75) is 31.5 Å². The molecule has 24 heavy (non-hydrogen) atoms. The zero-order chi connectivity index (χ0) is 15.4. The van der Waals surface area contributed by atoms with E-state index in [0.717, 1.165) is 31.7 Å². The summed E-state index contributed by atoms with van der Waals surface area (Å²) in [7, 11) is 1.73. The Morgan fingerprint density at radius 3 is 2.42 bits per heavy atom. The molecule has 2 aromatic rings. The Bertz CT molecular complexity index is 609. The van der Waals surface area contributed by atoms with Gasteiger partial charge in [-0.1, -0.05) is 48.5 Å². The summed E-state index contributed by atoms with van der Waals surface area (Å²) in [6.07, 6.45) is 2.24. The summed E-state index contributed by atoms with van der Waals surface area (Å²) in [5.41, 5.74) is 8.98. The smallest absolute Gasteiger partial charge is 0.123 e. The van der Waals surface area contributed by atoms with E-state index in [1.54, 1.807) is 7.11 Å². The first-order valence-corrected chi connectivity index (χ1v) is 7.96. The molecule has 1 saturated heterocycles. The van der Waals surface area contributed by atoms with Crippen LogP contribution in [0.25, 0.3) is 0 Å². The van der Waals surface area contributed by atoms with Crippen LogP contribution in [0.4, 0.5) is 0 Å². The maximum Gasteiger partial charge on any atom is 0.123 e. The minimum atomic E-state index is 0. The van der Waals surface area contributed by atoms with Crippen LogP contribution in [0.15, 0.2) is 54.6 Å². The lowest BCUT2D eigenvalue weighted by Crippen LogP contribution is -2.45. The van der Waals surface area contributed by atoms with Crippen LogP contribution in [0.3, 0.4) is 0 Å². The van der Waals surface area contributed by atoms with Crippen molar-refractivity contribution in [1.82, 2.24) is 4.90 Å². The van der Waals surface area contributed by atoms with Crippen LogP contribution in [0, 0.1) is 0 Å². The van der Waals surface area contributed by atoms with Crippen molar-refractivity contribution >= 4 is 24.8 Å². The van der Waals surface area contributed by atoms with E-state index in [4.69, 9.17) is 10.5 Å². The molecule has 0 saturated carbocycles. The molecule has 3 nitrogen and oxygen atoms in total. The monoisotopic (exact) mass is 368 g/mol. The van der Waals surface area contributed by atoms with Gasteiger partial charge < -0.3 is 10.5 Å². The quantitative estimate of drug-likeness (QED) is 0.878. The lowest BCUT2D eigenvalue weighted by atomic mass is 9.90. The van der Waals surface area contributed by atoms with Crippen molar-refractivity contribution in [1.29, 1.82) is 0 Å². The van der Waals surface area contributed by atoms with Crippen molar-refractivity contribution in [3.63, 3.8) is 0 Å². The van der Waals surface area contributed by atoms with Crippen molar-refractivity contribution in [2.24, 2.45) is 5.73 Å². The number of rotatable bonds is 4. The van der Waals surface area contributed by atoms with Gasteiger partial charge >= 0.3 is 0 Å². The Morgan fingerprint density at radius 1 is 1.04 bits per heavy atom. The van der Waals surface area contributed by atoms with Gasteiger partial charge in [-0.15, -0.1) is 24.8 Å². The second kappa shape index (κ2) is 9.90. The van der Waals surface area contributed by atoms with Gasteiger partial charge in [0.05, 0.1) is 13.2 Å². The van der Waals surface area contributed by atoms with Crippen LogP contribution >= 0.6 is 24.8 Å². The predicted octanol–water partition coefficient (Wildman–Crippen LogP) is 4.20. The van der Waals surface area contributed by atoms with E-state index in [0.29, 0.717) is 0 Å². The number of para-hydroxylation sites is 1. The first-order chi connectivity index (χ1) is 10.8. The summed E-state index contributed by atoms with van der Waals surface area (Å²) in [6, 6.07) is 19.3. The predicted molar refractivity (Wildman–Crippen MR) is 104 cm³/mol. The summed E-state index contributed by atoms with van der Waals surface area (Å²) < 4.78 is 5.50. The fraction of sp³-hybridized carbons (Fsp3) is 0.368. The van der Waals surface area contributed by atoms with Gasteiger partial charge in [0, 0.05) is 18.2 Å². The zero-order valence-corrected chi connectivity index (χ0v) is 15.6. The second-order valence-corrected chi connectivity index (χ2v) is 5.94. The van der Waals surface area contributed by atoms with Crippen LogP contribution in [-0.4, -0.2) is 24.6 Å². The van der Waals surface area contributed by atoms with Crippen LogP contribution in [-0.2, 0) is 6.54 Å². The molecule has 1 fully saturated rings. The molecule has 132 valence electrons. The van der Waals surface area contributed by atoms with Gasteiger partial charge in [-0.05, 0) is 31.0 Å². The molecule has 0 aliphatic carbocycles. The van der Waals surface area contributed by atoms with E-state index in [2.05, 4.69) is 47.4 Å². The van der Waals surface area contributed by atoms with Gasteiger partial charge in [-0.3, -0.25) is 4.90 Å². The van der Waals surface area contributed by atoms with Crippen molar-refractivity contribution in [2.75, 3.05) is 13.7 Å².